The first-order chi connectivity index (χ1) is 9.66. The van der Waals surface area contributed by atoms with Crippen molar-refractivity contribution in [3.63, 3.8) is 0 Å². The molecule has 0 unspecified atom stereocenters. The van der Waals surface area contributed by atoms with Crippen LogP contribution in [0, 0.1) is 5.92 Å². The number of rotatable bonds is 5. The van der Waals surface area contributed by atoms with Gasteiger partial charge in [0.25, 0.3) is 0 Å². The zero-order chi connectivity index (χ0) is 14.4. The van der Waals surface area contributed by atoms with Crippen molar-refractivity contribution in [2.24, 2.45) is 5.92 Å². The molecule has 1 aliphatic heterocycles. The smallest absolute Gasteiger partial charge is 0.0412 e. The molecule has 0 atom stereocenters. The number of hydrogen-bond acceptors (Lipinski definition) is 2. The minimum absolute atomic E-state index is 0.677. The molecule has 1 aromatic rings. The van der Waals surface area contributed by atoms with Crippen LogP contribution in [0.3, 0.4) is 0 Å². The molecule has 1 saturated heterocycles. The van der Waals surface area contributed by atoms with Crippen molar-refractivity contribution in [2.75, 3.05) is 24.5 Å². The van der Waals surface area contributed by atoms with E-state index < -0.39 is 0 Å². The molecule has 2 nitrogen and oxygen atoms in total. The van der Waals surface area contributed by atoms with Gasteiger partial charge in [-0.05, 0) is 49.1 Å². The molecule has 20 heavy (non-hydrogen) atoms. The van der Waals surface area contributed by atoms with E-state index in [4.69, 9.17) is 11.6 Å². The van der Waals surface area contributed by atoms with E-state index in [1.807, 2.05) is 6.07 Å². The second-order valence-corrected chi connectivity index (χ2v) is 6.64. The molecule has 0 aromatic heterocycles. The van der Waals surface area contributed by atoms with Crippen LogP contribution in [0.5, 0.6) is 0 Å². The van der Waals surface area contributed by atoms with Crippen LogP contribution in [0.4, 0.5) is 5.69 Å². The maximum atomic E-state index is 6.18. The molecule has 0 spiro atoms. The minimum atomic E-state index is 0.677. The second-order valence-electron chi connectivity index (χ2n) is 6.20. The lowest BCUT2D eigenvalue weighted by atomic mass is 10.1. The molecule has 1 aromatic carbocycles. The van der Waals surface area contributed by atoms with Gasteiger partial charge in [-0.25, -0.2) is 0 Å². The molecule has 3 heteroatoms. The Labute approximate surface area is 128 Å². The summed E-state index contributed by atoms with van der Waals surface area (Å²) in [6.07, 6.45) is 5.35. The molecule has 0 bridgehead atoms. The van der Waals surface area contributed by atoms with E-state index in [9.17, 15) is 0 Å². The van der Waals surface area contributed by atoms with Crippen molar-refractivity contribution >= 4 is 17.3 Å². The third-order valence-electron chi connectivity index (χ3n) is 3.86. The van der Waals surface area contributed by atoms with Crippen LogP contribution in [0.2, 0.25) is 5.02 Å². The second kappa shape index (κ2) is 7.90. The maximum absolute atomic E-state index is 6.18. The highest BCUT2D eigenvalue weighted by molar-refractivity contribution is 6.30. The summed E-state index contributed by atoms with van der Waals surface area (Å²) in [5.41, 5.74) is 2.70. The molecule has 0 aliphatic carbocycles. The van der Waals surface area contributed by atoms with Crippen molar-refractivity contribution in [1.29, 1.82) is 0 Å². The van der Waals surface area contributed by atoms with Gasteiger partial charge in [0.15, 0.2) is 0 Å². The van der Waals surface area contributed by atoms with E-state index in [-0.39, 0.29) is 0 Å². The molecule has 0 saturated carbocycles. The quantitative estimate of drug-likeness (QED) is 0.862. The van der Waals surface area contributed by atoms with Crippen molar-refractivity contribution in [3.05, 3.63) is 28.8 Å². The summed E-state index contributed by atoms with van der Waals surface area (Å²) in [7, 11) is 0. The topological polar surface area (TPSA) is 15.3 Å². The van der Waals surface area contributed by atoms with Gasteiger partial charge >= 0.3 is 0 Å². The largest absolute Gasteiger partial charge is 0.371 e. The molecular formula is C17H27ClN2. The van der Waals surface area contributed by atoms with E-state index >= 15 is 0 Å². The van der Waals surface area contributed by atoms with Crippen LogP contribution in [0.25, 0.3) is 0 Å². The van der Waals surface area contributed by atoms with Crippen molar-refractivity contribution in [1.82, 2.24) is 5.32 Å². The van der Waals surface area contributed by atoms with Crippen LogP contribution in [0.1, 0.15) is 45.1 Å². The maximum Gasteiger partial charge on any atom is 0.0412 e. The lowest BCUT2D eigenvalue weighted by Gasteiger charge is -2.26. The number of nitrogens with zero attached hydrogens (tertiary/aromatic N) is 1. The van der Waals surface area contributed by atoms with Crippen molar-refractivity contribution in [3.8, 4) is 0 Å². The average Bonchev–Trinajstić information content (AvgIpc) is 2.67. The Balaban J connectivity index is 2.09. The van der Waals surface area contributed by atoms with Gasteiger partial charge in [0, 0.05) is 30.3 Å². The number of anilines is 1. The average molecular weight is 295 g/mol. The lowest BCUT2D eigenvalue weighted by molar-refractivity contribution is 0.552. The van der Waals surface area contributed by atoms with Gasteiger partial charge < -0.3 is 10.2 Å². The van der Waals surface area contributed by atoms with Crippen LogP contribution in [-0.4, -0.2) is 19.6 Å². The summed E-state index contributed by atoms with van der Waals surface area (Å²) in [4.78, 5) is 2.54. The molecule has 0 radical (unpaired) electrons. The number of halogens is 1. The summed E-state index contributed by atoms with van der Waals surface area (Å²) in [5.74, 6) is 0.677. The third-order valence-corrected chi connectivity index (χ3v) is 4.09. The first-order valence-corrected chi connectivity index (χ1v) is 8.28. The van der Waals surface area contributed by atoms with Gasteiger partial charge in [-0.15, -0.1) is 0 Å². The number of benzene rings is 1. The molecule has 0 amide bonds. The van der Waals surface area contributed by atoms with E-state index in [0.29, 0.717) is 5.92 Å². The Morgan fingerprint density at radius 1 is 1.15 bits per heavy atom. The van der Waals surface area contributed by atoms with Crippen molar-refractivity contribution < 1.29 is 0 Å². The van der Waals surface area contributed by atoms with Crippen LogP contribution in [0.15, 0.2) is 18.2 Å². The molecule has 112 valence electrons. The van der Waals surface area contributed by atoms with Crippen LogP contribution < -0.4 is 10.2 Å². The SMILES string of the molecule is CC(C)CNCc1cc(Cl)ccc1N1CCCCCC1. The van der Waals surface area contributed by atoms with Gasteiger partial charge in [0.2, 0.25) is 0 Å². The monoisotopic (exact) mass is 294 g/mol. The minimum Gasteiger partial charge on any atom is -0.371 e. The summed E-state index contributed by atoms with van der Waals surface area (Å²) >= 11 is 6.18. The fraction of sp³-hybridized carbons (Fsp3) is 0.647. The number of nitrogens with one attached hydrogen (secondary N) is 1. The Morgan fingerprint density at radius 3 is 2.50 bits per heavy atom. The van der Waals surface area contributed by atoms with Crippen molar-refractivity contribution in [2.45, 2.75) is 46.1 Å². The highest BCUT2D eigenvalue weighted by Gasteiger charge is 2.13. The Hall–Kier alpha value is -0.730. The van der Waals surface area contributed by atoms with Gasteiger partial charge in [-0.2, -0.15) is 0 Å². The summed E-state index contributed by atoms with van der Waals surface area (Å²) in [5, 5.41) is 4.38. The van der Waals surface area contributed by atoms with Gasteiger partial charge in [-0.1, -0.05) is 38.3 Å². The molecule has 1 fully saturated rings. The fourth-order valence-corrected chi connectivity index (χ4v) is 3.01. The Morgan fingerprint density at radius 2 is 1.85 bits per heavy atom. The van der Waals surface area contributed by atoms with Gasteiger partial charge in [0.05, 0.1) is 0 Å². The predicted octanol–water partition coefficient (Wildman–Crippen LogP) is 4.47. The molecule has 1 aliphatic rings. The van der Waals surface area contributed by atoms with Crippen LogP contribution >= 0.6 is 11.6 Å². The molecule has 1 N–H and O–H groups in total. The summed E-state index contributed by atoms with van der Waals surface area (Å²) in [6.45, 7) is 8.79. The first-order valence-electron chi connectivity index (χ1n) is 7.91. The normalized spacial score (nSPS) is 16.5. The highest BCUT2D eigenvalue weighted by atomic mass is 35.5. The summed E-state index contributed by atoms with van der Waals surface area (Å²) in [6, 6.07) is 6.34. The zero-order valence-corrected chi connectivity index (χ0v) is 13.5. The fourth-order valence-electron chi connectivity index (χ4n) is 2.81. The highest BCUT2D eigenvalue weighted by Crippen LogP contribution is 2.26. The molecular weight excluding hydrogens is 268 g/mol. The molecule has 2 rings (SSSR count). The van der Waals surface area contributed by atoms with E-state index in [2.05, 4.69) is 36.2 Å². The first kappa shape index (κ1) is 15.7. The standard InChI is InChI=1S/C17H27ClN2/c1-14(2)12-19-13-15-11-16(18)7-8-17(15)20-9-5-3-4-6-10-20/h7-8,11,14,19H,3-6,9-10,12-13H2,1-2H3. The lowest BCUT2D eigenvalue weighted by Crippen LogP contribution is -2.27. The Bertz CT molecular complexity index is 409. The zero-order valence-electron chi connectivity index (χ0n) is 12.8. The molecule has 1 heterocycles. The van der Waals surface area contributed by atoms with E-state index in [1.54, 1.807) is 0 Å². The van der Waals surface area contributed by atoms with E-state index in [1.165, 1.54) is 50.0 Å². The Kier molecular flexibility index (Phi) is 6.18. The third kappa shape index (κ3) is 4.68. The van der Waals surface area contributed by atoms with Crippen LogP contribution in [-0.2, 0) is 6.54 Å². The van der Waals surface area contributed by atoms with Gasteiger partial charge in [0.1, 0.15) is 0 Å². The summed E-state index contributed by atoms with van der Waals surface area (Å²) < 4.78 is 0. The predicted molar refractivity (Wildman–Crippen MR) is 88.7 cm³/mol. The number of hydrogen-bond donors (Lipinski definition) is 1. The van der Waals surface area contributed by atoms with E-state index in [0.717, 1.165) is 18.1 Å². The van der Waals surface area contributed by atoms with Gasteiger partial charge in [-0.3, -0.25) is 0 Å².